The summed E-state index contributed by atoms with van der Waals surface area (Å²) < 4.78 is 29.8. The maximum atomic E-state index is 12.0. The highest BCUT2D eigenvalue weighted by Crippen LogP contribution is 2.37. The van der Waals surface area contributed by atoms with Crippen LogP contribution in [0.4, 0.5) is 29.0 Å². The average Bonchev–Trinajstić information content (AvgIpc) is 2.79. The Bertz CT molecular complexity index is 1240. The lowest BCUT2D eigenvalue weighted by Crippen LogP contribution is -2.52. The van der Waals surface area contributed by atoms with Gasteiger partial charge in [-0.3, -0.25) is 0 Å². The predicted octanol–water partition coefficient (Wildman–Crippen LogP) is 2.92. The molecule has 5 heterocycles. The van der Waals surface area contributed by atoms with Gasteiger partial charge in [0.1, 0.15) is 34.5 Å². The summed E-state index contributed by atoms with van der Waals surface area (Å²) in [4.78, 5) is 19.5. The van der Waals surface area contributed by atoms with E-state index in [1.165, 1.54) is 25.0 Å². The van der Waals surface area contributed by atoms with E-state index >= 15 is 0 Å². The van der Waals surface area contributed by atoms with Gasteiger partial charge in [-0.25, -0.2) is 28.4 Å². The second-order valence-electron chi connectivity index (χ2n) is 8.33. The third-order valence-corrected chi connectivity index (χ3v) is 7.22. The number of ether oxygens (including phenoxy) is 1. The molecule has 3 aromatic heterocycles. The third-order valence-electron chi connectivity index (χ3n) is 6.09. The van der Waals surface area contributed by atoms with Crippen molar-refractivity contribution in [2.75, 3.05) is 41.5 Å². The van der Waals surface area contributed by atoms with Gasteiger partial charge < -0.3 is 20.3 Å². The van der Waals surface area contributed by atoms with Crippen molar-refractivity contribution < 1.29 is 13.2 Å². The smallest absolute Gasteiger partial charge is 0.179 e. The van der Waals surface area contributed by atoms with Crippen LogP contribution in [0.5, 0.6) is 0 Å². The summed E-state index contributed by atoms with van der Waals surface area (Å²) in [6, 6.07) is 8.70. The van der Waals surface area contributed by atoms with Crippen molar-refractivity contribution in [2.45, 2.75) is 29.8 Å². The Balaban J connectivity index is 1.25. The van der Waals surface area contributed by atoms with Crippen LogP contribution in [0.25, 0.3) is 0 Å². The van der Waals surface area contributed by atoms with E-state index in [0.29, 0.717) is 17.5 Å². The molecule has 0 atom stereocenters. The van der Waals surface area contributed by atoms with Crippen molar-refractivity contribution in [1.82, 2.24) is 19.9 Å². The van der Waals surface area contributed by atoms with Crippen LogP contribution in [0.1, 0.15) is 19.3 Å². The zero-order chi connectivity index (χ0) is 22.9. The molecule has 0 unspecified atom stereocenters. The Morgan fingerprint density at radius 3 is 2.36 bits per heavy atom. The van der Waals surface area contributed by atoms with Gasteiger partial charge in [0, 0.05) is 31.6 Å². The number of nitrogens with zero attached hydrogens (tertiary/aromatic N) is 5. The molecule has 2 aliphatic rings. The van der Waals surface area contributed by atoms with Crippen LogP contribution in [0, 0.1) is 0 Å². The number of rotatable bonds is 6. The van der Waals surface area contributed by atoms with E-state index < -0.39 is 9.84 Å². The quantitative estimate of drug-likeness (QED) is 0.559. The zero-order valence-corrected chi connectivity index (χ0v) is 19.0. The molecule has 11 heteroatoms. The monoisotopic (exact) mass is 467 g/mol. The minimum absolute atomic E-state index is 0.0999. The molecule has 0 saturated carbocycles. The van der Waals surface area contributed by atoms with Crippen molar-refractivity contribution in [1.29, 1.82) is 0 Å². The molecular weight excluding hydrogens is 442 g/mol. The summed E-state index contributed by atoms with van der Waals surface area (Å²) >= 11 is 0. The maximum Gasteiger partial charge on any atom is 0.179 e. The molecule has 0 radical (unpaired) electrons. The highest BCUT2D eigenvalue weighted by Gasteiger charge is 2.41. The first-order valence-corrected chi connectivity index (χ1v) is 12.7. The number of hydrogen-bond donors (Lipinski definition) is 2. The minimum Gasteiger partial charge on any atom is -0.375 e. The number of sulfone groups is 1. The normalized spacial score (nSPS) is 17.4. The van der Waals surface area contributed by atoms with Crippen molar-refractivity contribution in [3.8, 4) is 0 Å². The molecule has 33 heavy (non-hydrogen) atoms. The van der Waals surface area contributed by atoms with Gasteiger partial charge in [-0.2, -0.15) is 0 Å². The maximum absolute atomic E-state index is 12.0. The van der Waals surface area contributed by atoms with E-state index in [2.05, 4.69) is 35.5 Å². The van der Waals surface area contributed by atoms with Crippen LogP contribution in [0.3, 0.4) is 0 Å². The van der Waals surface area contributed by atoms with Gasteiger partial charge in [-0.1, -0.05) is 0 Å². The Kier molecular flexibility index (Phi) is 5.59. The van der Waals surface area contributed by atoms with Gasteiger partial charge in [0.25, 0.3) is 0 Å². The Morgan fingerprint density at radius 2 is 1.73 bits per heavy atom. The lowest BCUT2D eigenvalue weighted by Gasteiger charge is -2.48. The standard InChI is InChI=1S/C22H25N7O3S/c1-33(30,31)17-3-2-9-23-21(17)28-20-13-19(25-15-26-20)27-18-5-4-16(14-24-18)29-10-6-22(7-11-29)8-12-32-22/h2-5,9,13-15H,6-8,10-12H2,1H3,(H2,23,24,25,26,27,28). The van der Waals surface area contributed by atoms with Gasteiger partial charge in [0.15, 0.2) is 9.84 Å². The molecule has 2 saturated heterocycles. The van der Waals surface area contributed by atoms with Crippen LogP contribution in [-0.2, 0) is 14.6 Å². The summed E-state index contributed by atoms with van der Waals surface area (Å²) in [6.07, 6.45) is 9.18. The number of piperidine rings is 1. The van der Waals surface area contributed by atoms with Crippen LogP contribution in [0.2, 0.25) is 0 Å². The molecule has 10 nitrogen and oxygen atoms in total. The first kappa shape index (κ1) is 21.5. The summed E-state index contributed by atoms with van der Waals surface area (Å²) in [5, 5.41) is 6.11. The van der Waals surface area contributed by atoms with Crippen LogP contribution in [0.15, 0.2) is 53.9 Å². The zero-order valence-electron chi connectivity index (χ0n) is 18.2. The minimum atomic E-state index is -3.44. The summed E-state index contributed by atoms with van der Waals surface area (Å²) in [5.74, 6) is 1.79. The van der Waals surface area contributed by atoms with Crippen molar-refractivity contribution in [3.63, 3.8) is 0 Å². The van der Waals surface area contributed by atoms with Crippen molar-refractivity contribution in [3.05, 3.63) is 49.1 Å². The number of aromatic nitrogens is 4. The Hall–Kier alpha value is -3.31. The van der Waals surface area contributed by atoms with E-state index in [9.17, 15) is 8.42 Å². The fourth-order valence-electron chi connectivity index (χ4n) is 4.13. The van der Waals surface area contributed by atoms with E-state index in [0.717, 1.165) is 44.5 Å². The third kappa shape index (κ3) is 4.74. The molecule has 0 bridgehead atoms. The molecule has 2 aliphatic heterocycles. The van der Waals surface area contributed by atoms with Crippen molar-refractivity contribution >= 4 is 38.8 Å². The number of anilines is 5. The van der Waals surface area contributed by atoms with E-state index in [1.54, 1.807) is 12.1 Å². The Morgan fingerprint density at radius 1 is 0.970 bits per heavy atom. The molecule has 2 N–H and O–H groups in total. The lowest BCUT2D eigenvalue weighted by molar-refractivity contribution is -0.158. The fourth-order valence-corrected chi connectivity index (χ4v) is 4.92. The lowest BCUT2D eigenvalue weighted by atomic mass is 9.84. The van der Waals surface area contributed by atoms with Gasteiger partial charge in [0.2, 0.25) is 0 Å². The number of nitrogens with one attached hydrogen (secondary N) is 2. The summed E-state index contributed by atoms with van der Waals surface area (Å²) in [6.45, 7) is 2.83. The van der Waals surface area contributed by atoms with Crippen LogP contribution in [-0.4, -0.2) is 59.9 Å². The molecule has 0 aliphatic carbocycles. The first-order chi connectivity index (χ1) is 15.9. The van der Waals surface area contributed by atoms with Gasteiger partial charge in [0.05, 0.1) is 24.1 Å². The highest BCUT2D eigenvalue weighted by molar-refractivity contribution is 7.90. The predicted molar refractivity (Wildman–Crippen MR) is 125 cm³/mol. The van der Waals surface area contributed by atoms with E-state index in [-0.39, 0.29) is 16.3 Å². The fraction of sp³-hybridized carbons (Fsp3) is 0.364. The number of hydrogen-bond acceptors (Lipinski definition) is 10. The second kappa shape index (κ2) is 8.56. The SMILES string of the molecule is CS(=O)(=O)c1cccnc1Nc1cc(Nc2ccc(N3CCC4(CCO4)CC3)cn2)ncn1. The first-order valence-electron chi connectivity index (χ1n) is 10.8. The molecule has 0 aromatic carbocycles. The second-order valence-corrected chi connectivity index (χ2v) is 10.3. The summed E-state index contributed by atoms with van der Waals surface area (Å²) in [7, 11) is -3.44. The van der Waals surface area contributed by atoms with E-state index in [1.807, 2.05) is 18.3 Å². The number of pyridine rings is 2. The van der Waals surface area contributed by atoms with Gasteiger partial charge in [-0.05, 0) is 43.5 Å². The molecule has 0 amide bonds. The topological polar surface area (TPSA) is 122 Å². The molecule has 172 valence electrons. The van der Waals surface area contributed by atoms with E-state index in [4.69, 9.17) is 4.74 Å². The van der Waals surface area contributed by atoms with Gasteiger partial charge in [-0.15, -0.1) is 0 Å². The van der Waals surface area contributed by atoms with Gasteiger partial charge >= 0.3 is 0 Å². The molecule has 2 fully saturated rings. The molecule has 1 spiro atoms. The Labute approximate surface area is 192 Å². The largest absolute Gasteiger partial charge is 0.375 e. The molecule has 3 aromatic rings. The summed E-state index contributed by atoms with van der Waals surface area (Å²) in [5.41, 5.74) is 1.21. The van der Waals surface area contributed by atoms with Crippen molar-refractivity contribution in [2.24, 2.45) is 0 Å². The highest BCUT2D eigenvalue weighted by atomic mass is 32.2. The molecule has 5 rings (SSSR count). The molecular formula is C22H25N7O3S. The van der Waals surface area contributed by atoms with Crippen LogP contribution < -0.4 is 15.5 Å². The average molecular weight is 468 g/mol. The van der Waals surface area contributed by atoms with Crippen LogP contribution >= 0.6 is 0 Å².